The lowest BCUT2D eigenvalue weighted by Crippen LogP contribution is -2.26. The molecule has 0 aliphatic rings. The Labute approximate surface area is 193 Å². The first-order valence-electron chi connectivity index (χ1n) is 11.1. The van der Waals surface area contributed by atoms with Crippen LogP contribution in [0.1, 0.15) is 19.5 Å². The van der Waals surface area contributed by atoms with Crippen molar-refractivity contribution in [1.29, 1.82) is 0 Å². The number of hydrogen-bond donors (Lipinski definition) is 1. The molecular weight excluding hydrogens is 404 g/mol. The van der Waals surface area contributed by atoms with E-state index in [1.54, 1.807) is 6.21 Å². The summed E-state index contributed by atoms with van der Waals surface area (Å²) in [5.74, 6) is 0. The molecule has 0 bridgehead atoms. The monoisotopic (exact) mass is 430 g/mol. The van der Waals surface area contributed by atoms with E-state index in [9.17, 15) is 0 Å². The molecule has 4 aromatic carbocycles. The predicted molar refractivity (Wildman–Crippen MR) is 138 cm³/mol. The Morgan fingerprint density at radius 1 is 0.818 bits per heavy atom. The zero-order valence-electron chi connectivity index (χ0n) is 18.8. The van der Waals surface area contributed by atoms with Gasteiger partial charge in [-0.2, -0.15) is 5.10 Å². The second-order valence-corrected chi connectivity index (χ2v) is 8.67. The van der Waals surface area contributed by atoms with Crippen LogP contribution in [0.15, 0.2) is 114 Å². The molecule has 2 N–H and O–H groups in total. The van der Waals surface area contributed by atoms with E-state index in [-0.39, 0.29) is 0 Å². The molecule has 0 radical (unpaired) electrons. The zero-order valence-corrected chi connectivity index (χ0v) is 18.8. The normalized spacial score (nSPS) is 12.7. The van der Waals surface area contributed by atoms with Crippen LogP contribution >= 0.6 is 0 Å². The maximum Gasteiger partial charge on any atom is 0.0743 e. The van der Waals surface area contributed by atoms with Crippen LogP contribution < -0.4 is 5.73 Å². The molecule has 0 spiro atoms. The van der Waals surface area contributed by atoms with Crippen molar-refractivity contribution >= 4 is 33.4 Å². The number of fused-ring (bicyclic) bond motifs is 2. The molecule has 0 aliphatic carbocycles. The van der Waals surface area contributed by atoms with Crippen LogP contribution in [0, 0.1) is 0 Å². The van der Waals surface area contributed by atoms with Gasteiger partial charge in [-0.25, -0.2) is 4.68 Å². The third kappa shape index (κ3) is 3.92. The van der Waals surface area contributed by atoms with Crippen LogP contribution in [0.25, 0.3) is 27.2 Å². The fraction of sp³-hybridized carbons (Fsp3) is 0.103. The molecule has 33 heavy (non-hydrogen) atoms. The summed E-state index contributed by atoms with van der Waals surface area (Å²) in [7, 11) is 0. The molecule has 1 aromatic heterocycles. The third-order valence-corrected chi connectivity index (χ3v) is 6.20. The number of nitrogens with zero attached hydrogens (tertiary/aromatic N) is 3. The van der Waals surface area contributed by atoms with Crippen LogP contribution in [0.4, 0.5) is 5.69 Å². The standard InChI is InChI=1S/C29H26N4/c1-29(2,27(30)17-19-31-25-15-7-11-21-9-3-5-13-23(21)25)28-18-20-33(32-28)26-16-8-12-22-10-4-6-14-24(22)26/h3-20H,30H2,1-2H3. The van der Waals surface area contributed by atoms with Gasteiger partial charge in [-0.05, 0) is 48.9 Å². The van der Waals surface area contributed by atoms with Crippen molar-refractivity contribution < 1.29 is 0 Å². The Balaban J connectivity index is 1.43. The average molecular weight is 431 g/mol. The lowest BCUT2D eigenvalue weighted by atomic mass is 9.86. The van der Waals surface area contributed by atoms with Crippen molar-refractivity contribution in [3.8, 4) is 5.69 Å². The Morgan fingerprint density at radius 3 is 2.24 bits per heavy atom. The van der Waals surface area contributed by atoms with E-state index in [4.69, 9.17) is 10.8 Å². The Kier molecular flexibility index (Phi) is 5.27. The van der Waals surface area contributed by atoms with Crippen molar-refractivity contribution in [3.63, 3.8) is 0 Å². The largest absolute Gasteiger partial charge is 0.401 e. The summed E-state index contributed by atoms with van der Waals surface area (Å²) in [6.45, 7) is 4.17. The highest BCUT2D eigenvalue weighted by Crippen LogP contribution is 2.29. The smallest absolute Gasteiger partial charge is 0.0743 e. The first-order valence-corrected chi connectivity index (χ1v) is 11.1. The number of rotatable bonds is 5. The SMILES string of the molecule is CC(C)(C(N)=CC=Nc1cccc2ccccc12)c1ccn(-c2cccc3ccccc23)n1. The number of allylic oxidation sites excluding steroid dienone is 2. The van der Waals surface area contributed by atoms with E-state index in [1.807, 2.05) is 47.3 Å². The van der Waals surface area contributed by atoms with Crippen molar-refractivity contribution in [2.75, 3.05) is 0 Å². The Hall–Kier alpha value is -4.18. The summed E-state index contributed by atoms with van der Waals surface area (Å²) >= 11 is 0. The molecule has 5 rings (SSSR count). The van der Waals surface area contributed by atoms with E-state index in [0.29, 0.717) is 5.70 Å². The van der Waals surface area contributed by atoms with Gasteiger partial charge < -0.3 is 5.73 Å². The highest BCUT2D eigenvalue weighted by molar-refractivity contribution is 5.94. The van der Waals surface area contributed by atoms with E-state index < -0.39 is 5.41 Å². The quantitative estimate of drug-likeness (QED) is 0.315. The van der Waals surface area contributed by atoms with Crippen LogP contribution in [0.5, 0.6) is 0 Å². The van der Waals surface area contributed by atoms with Gasteiger partial charge >= 0.3 is 0 Å². The number of aromatic nitrogens is 2. The van der Waals surface area contributed by atoms with Gasteiger partial charge in [-0.15, -0.1) is 0 Å². The molecule has 0 saturated heterocycles. The molecule has 5 aromatic rings. The summed E-state index contributed by atoms with van der Waals surface area (Å²) in [5.41, 5.74) is 9.66. The molecule has 4 nitrogen and oxygen atoms in total. The molecule has 162 valence electrons. The molecule has 0 atom stereocenters. The first kappa shape index (κ1) is 20.7. The van der Waals surface area contributed by atoms with Gasteiger partial charge in [0.05, 0.1) is 17.1 Å². The number of hydrogen-bond acceptors (Lipinski definition) is 3. The molecule has 0 aliphatic heterocycles. The Bertz CT molecular complexity index is 1490. The lowest BCUT2D eigenvalue weighted by molar-refractivity contribution is 0.585. The van der Waals surface area contributed by atoms with Crippen LogP contribution in [0.3, 0.4) is 0 Å². The maximum atomic E-state index is 6.52. The topological polar surface area (TPSA) is 56.2 Å². The second kappa shape index (κ2) is 8.40. The highest BCUT2D eigenvalue weighted by atomic mass is 15.3. The Morgan fingerprint density at radius 2 is 1.45 bits per heavy atom. The summed E-state index contributed by atoms with van der Waals surface area (Å²) in [4.78, 5) is 4.66. The average Bonchev–Trinajstić information content (AvgIpc) is 3.35. The van der Waals surface area contributed by atoms with Crippen LogP contribution in [-0.2, 0) is 5.41 Å². The van der Waals surface area contributed by atoms with Gasteiger partial charge in [0.1, 0.15) is 0 Å². The van der Waals surface area contributed by atoms with Crippen molar-refractivity contribution in [1.82, 2.24) is 9.78 Å². The molecule has 0 unspecified atom stereocenters. The summed E-state index contributed by atoms with van der Waals surface area (Å²) in [6, 6.07) is 31.0. The minimum atomic E-state index is -0.444. The van der Waals surface area contributed by atoms with Crippen molar-refractivity contribution in [3.05, 3.63) is 115 Å². The fourth-order valence-corrected chi connectivity index (χ4v) is 4.07. The molecule has 4 heteroatoms. The van der Waals surface area contributed by atoms with E-state index in [0.717, 1.165) is 27.8 Å². The fourth-order valence-electron chi connectivity index (χ4n) is 4.07. The van der Waals surface area contributed by atoms with E-state index >= 15 is 0 Å². The van der Waals surface area contributed by atoms with Gasteiger partial charge in [-0.1, -0.05) is 72.8 Å². The second-order valence-electron chi connectivity index (χ2n) is 8.67. The van der Waals surface area contributed by atoms with Gasteiger partial charge in [0.15, 0.2) is 0 Å². The molecule has 0 saturated carbocycles. The van der Waals surface area contributed by atoms with Crippen molar-refractivity contribution in [2.24, 2.45) is 10.7 Å². The van der Waals surface area contributed by atoms with Crippen molar-refractivity contribution in [2.45, 2.75) is 19.3 Å². The number of aliphatic imine (C=N–C) groups is 1. The van der Waals surface area contributed by atoms with Crippen LogP contribution in [-0.4, -0.2) is 16.0 Å². The maximum absolute atomic E-state index is 6.52. The molecule has 0 fully saturated rings. The summed E-state index contributed by atoms with van der Waals surface area (Å²) in [5, 5.41) is 9.53. The van der Waals surface area contributed by atoms with E-state index in [1.165, 1.54) is 10.8 Å². The van der Waals surface area contributed by atoms with Gasteiger partial charge in [0.25, 0.3) is 0 Å². The van der Waals surface area contributed by atoms with Gasteiger partial charge in [0, 0.05) is 34.3 Å². The van der Waals surface area contributed by atoms with Gasteiger partial charge in [0.2, 0.25) is 0 Å². The summed E-state index contributed by atoms with van der Waals surface area (Å²) < 4.78 is 1.93. The number of nitrogens with two attached hydrogens (primary N) is 1. The van der Waals surface area contributed by atoms with Crippen LogP contribution in [0.2, 0.25) is 0 Å². The molecule has 0 amide bonds. The molecule has 1 heterocycles. The third-order valence-electron chi connectivity index (χ3n) is 6.20. The zero-order chi connectivity index (χ0) is 22.8. The van der Waals surface area contributed by atoms with E-state index in [2.05, 4.69) is 79.5 Å². The van der Waals surface area contributed by atoms with Gasteiger partial charge in [-0.3, -0.25) is 4.99 Å². The first-order chi connectivity index (χ1) is 16.0. The minimum absolute atomic E-state index is 0.444. The predicted octanol–water partition coefficient (Wildman–Crippen LogP) is 6.70. The minimum Gasteiger partial charge on any atom is -0.401 e. The number of benzene rings is 4. The highest BCUT2D eigenvalue weighted by Gasteiger charge is 2.26. The summed E-state index contributed by atoms with van der Waals surface area (Å²) in [6.07, 6.45) is 5.65. The molecular formula is C29H26N4. The lowest BCUT2D eigenvalue weighted by Gasteiger charge is -2.22.